The Balaban J connectivity index is 1.14. The van der Waals surface area contributed by atoms with Gasteiger partial charge in [0.2, 0.25) is 0 Å². The van der Waals surface area contributed by atoms with Crippen LogP contribution in [0, 0.1) is 40.4 Å². The van der Waals surface area contributed by atoms with Crippen LogP contribution in [0.3, 0.4) is 0 Å². The van der Waals surface area contributed by atoms with E-state index in [0.29, 0.717) is 24.8 Å². The normalized spacial score (nSPS) is 57.8. The zero-order valence-electron chi connectivity index (χ0n) is 27.4. The molecule has 0 aromatic carbocycles. The maximum atomic E-state index is 13.7. The number of hydrogen-bond acceptors (Lipinski definition) is 15. The quantitative estimate of drug-likeness (QED) is 0.117. The SMILES string of the molecule is C=C(CCC1(O)OC2CC3C4C(O)C(=O)C5(O)C(O)C(O)C(O)C(O)C5(C)C4CCC3(C)C2C1C)COC1OC(CO)C(O)C(O)C1O. The lowest BCUT2D eigenvalue weighted by molar-refractivity contribution is -0.315. The van der Waals surface area contributed by atoms with Crippen LogP contribution in [-0.4, -0.2) is 154 Å². The van der Waals surface area contributed by atoms with Gasteiger partial charge in [0.1, 0.15) is 48.8 Å². The predicted molar refractivity (Wildman–Crippen MR) is 161 cm³/mol. The van der Waals surface area contributed by atoms with E-state index < -0.39 is 120 Å². The molecule has 6 aliphatic rings. The lowest BCUT2D eigenvalue weighted by Crippen LogP contribution is -2.82. The molecule has 0 aromatic rings. The Morgan fingerprint density at radius 2 is 1.58 bits per heavy atom. The van der Waals surface area contributed by atoms with Gasteiger partial charge in [-0.2, -0.15) is 0 Å². The third-order valence-corrected chi connectivity index (χ3v) is 13.8. The van der Waals surface area contributed by atoms with E-state index in [2.05, 4.69) is 6.58 Å². The average Bonchev–Trinajstić information content (AvgIpc) is 3.49. The van der Waals surface area contributed by atoms with Crippen LogP contribution in [0.5, 0.6) is 0 Å². The number of carbonyl (C=O) groups excluding carboxylic acids is 1. The summed E-state index contributed by atoms with van der Waals surface area (Å²) >= 11 is 0. The summed E-state index contributed by atoms with van der Waals surface area (Å²) in [5, 5.41) is 118. The van der Waals surface area contributed by atoms with Crippen LogP contribution in [0.2, 0.25) is 0 Å². The fourth-order valence-corrected chi connectivity index (χ4v) is 11.0. The highest BCUT2D eigenvalue weighted by Crippen LogP contribution is 2.71. The van der Waals surface area contributed by atoms with E-state index in [1.165, 1.54) is 6.92 Å². The molecule has 0 aromatic heterocycles. The van der Waals surface area contributed by atoms with Gasteiger partial charge in [0.05, 0.1) is 25.4 Å². The molecule has 20 atom stereocenters. The van der Waals surface area contributed by atoms with Gasteiger partial charge in [-0.1, -0.05) is 32.9 Å². The standard InChI is InChI=1S/C33H52O15/c1-12(11-46-29-25(40)22(37)20(35)17(10-34)47-29)5-8-32(44)13(2)19-16(48-32)9-15-18-14(6-7-30(15,19)3)31(4)26(41)23(38)24(39)28(43)33(31,45)27(42)21(18)36/h13-26,28-29,34-41,43-45H,1,5-11H2,2-4H3. The summed E-state index contributed by atoms with van der Waals surface area (Å²) in [6.45, 7) is 8.66. The van der Waals surface area contributed by atoms with Crippen molar-refractivity contribution in [2.24, 2.45) is 40.4 Å². The largest absolute Gasteiger partial charge is 0.394 e. The third-order valence-electron chi connectivity index (χ3n) is 13.8. The number of ether oxygens (including phenoxy) is 3. The fraction of sp³-hybridized carbons (Fsp3) is 0.909. The van der Waals surface area contributed by atoms with Gasteiger partial charge in [-0.05, 0) is 54.8 Å². The zero-order chi connectivity index (χ0) is 35.5. The minimum absolute atomic E-state index is 0.105. The van der Waals surface area contributed by atoms with Crippen molar-refractivity contribution in [1.29, 1.82) is 0 Å². The molecule has 0 amide bonds. The van der Waals surface area contributed by atoms with Gasteiger partial charge in [0.25, 0.3) is 0 Å². The highest BCUT2D eigenvalue weighted by Gasteiger charge is 2.78. The highest BCUT2D eigenvalue weighted by atomic mass is 16.7. The summed E-state index contributed by atoms with van der Waals surface area (Å²) in [6.07, 6.45) is -15.3. The van der Waals surface area contributed by atoms with Crippen molar-refractivity contribution in [1.82, 2.24) is 0 Å². The third kappa shape index (κ3) is 4.81. The Bertz CT molecular complexity index is 1270. The molecule has 48 heavy (non-hydrogen) atoms. The number of carbonyl (C=O) groups is 1. The van der Waals surface area contributed by atoms with Crippen LogP contribution in [-0.2, 0) is 19.0 Å². The van der Waals surface area contributed by atoms with Crippen LogP contribution in [0.25, 0.3) is 0 Å². The summed E-state index contributed by atoms with van der Waals surface area (Å²) in [5.74, 6) is -4.99. The molecule has 2 heterocycles. The van der Waals surface area contributed by atoms with Gasteiger partial charge in [0, 0.05) is 17.8 Å². The molecule has 4 saturated carbocycles. The molecule has 15 heteroatoms. The van der Waals surface area contributed by atoms with Crippen LogP contribution in [0.1, 0.15) is 52.9 Å². The van der Waals surface area contributed by atoms with Crippen LogP contribution in [0.15, 0.2) is 12.2 Å². The second-order valence-corrected chi connectivity index (χ2v) is 15.9. The Morgan fingerprint density at radius 1 is 0.938 bits per heavy atom. The first-order valence-corrected chi connectivity index (χ1v) is 17.0. The van der Waals surface area contributed by atoms with Crippen molar-refractivity contribution in [3.05, 3.63) is 12.2 Å². The summed E-state index contributed by atoms with van der Waals surface area (Å²) in [7, 11) is 0. The number of hydrogen-bond donors (Lipinski definition) is 11. The van der Waals surface area contributed by atoms with E-state index >= 15 is 0 Å². The lowest BCUT2D eigenvalue weighted by atomic mass is 9.40. The van der Waals surface area contributed by atoms with E-state index in [9.17, 15) is 61.0 Å². The van der Waals surface area contributed by atoms with Gasteiger partial charge in [-0.3, -0.25) is 4.79 Å². The van der Waals surface area contributed by atoms with Crippen molar-refractivity contribution in [2.75, 3.05) is 13.2 Å². The van der Waals surface area contributed by atoms with Gasteiger partial charge >= 0.3 is 0 Å². The maximum Gasteiger partial charge on any atom is 0.196 e. The second kappa shape index (κ2) is 12.2. The van der Waals surface area contributed by atoms with Gasteiger partial charge in [-0.15, -0.1) is 0 Å². The van der Waals surface area contributed by atoms with Crippen molar-refractivity contribution < 1.29 is 75.2 Å². The lowest BCUT2D eigenvalue weighted by Gasteiger charge is -2.66. The first-order chi connectivity index (χ1) is 22.3. The summed E-state index contributed by atoms with van der Waals surface area (Å²) in [6, 6.07) is 0. The van der Waals surface area contributed by atoms with Gasteiger partial charge in [0.15, 0.2) is 23.5 Å². The number of aliphatic hydroxyl groups is 11. The summed E-state index contributed by atoms with van der Waals surface area (Å²) < 4.78 is 17.3. The Labute approximate surface area is 278 Å². The molecular weight excluding hydrogens is 636 g/mol. The smallest absolute Gasteiger partial charge is 0.196 e. The van der Waals surface area contributed by atoms with E-state index in [1.807, 2.05) is 13.8 Å². The molecule has 2 aliphatic heterocycles. The van der Waals surface area contributed by atoms with Crippen molar-refractivity contribution in [2.45, 2.75) is 132 Å². The van der Waals surface area contributed by atoms with E-state index in [4.69, 9.17) is 14.2 Å². The molecule has 6 fully saturated rings. The van der Waals surface area contributed by atoms with Crippen LogP contribution >= 0.6 is 0 Å². The molecule has 0 bridgehead atoms. The molecule has 4 aliphatic carbocycles. The summed E-state index contributed by atoms with van der Waals surface area (Å²) in [5.41, 5.74) is -4.45. The molecule has 15 nitrogen and oxygen atoms in total. The minimum atomic E-state index is -2.69. The fourth-order valence-electron chi connectivity index (χ4n) is 11.0. The first kappa shape index (κ1) is 36.6. The van der Waals surface area contributed by atoms with Crippen molar-refractivity contribution in [3.63, 3.8) is 0 Å². The van der Waals surface area contributed by atoms with Crippen molar-refractivity contribution in [3.8, 4) is 0 Å². The van der Waals surface area contributed by atoms with Gasteiger partial charge in [-0.25, -0.2) is 0 Å². The molecule has 2 saturated heterocycles. The topological polar surface area (TPSA) is 267 Å². The number of ketones is 1. The van der Waals surface area contributed by atoms with Gasteiger partial charge < -0.3 is 70.4 Å². The number of aliphatic hydroxyl groups excluding tert-OH is 9. The molecule has 6 rings (SSSR count). The number of rotatable bonds is 7. The van der Waals surface area contributed by atoms with E-state index in [0.717, 1.165) is 0 Å². The molecule has 11 N–H and O–H groups in total. The van der Waals surface area contributed by atoms with E-state index in [-0.39, 0.29) is 31.3 Å². The zero-order valence-corrected chi connectivity index (χ0v) is 27.4. The monoisotopic (exact) mass is 688 g/mol. The van der Waals surface area contributed by atoms with Crippen LogP contribution < -0.4 is 0 Å². The first-order valence-electron chi connectivity index (χ1n) is 17.0. The molecule has 20 unspecified atom stereocenters. The number of fused-ring (bicyclic) bond motifs is 7. The van der Waals surface area contributed by atoms with E-state index in [1.54, 1.807) is 0 Å². The average molecular weight is 689 g/mol. The van der Waals surface area contributed by atoms with Crippen LogP contribution in [0.4, 0.5) is 0 Å². The van der Waals surface area contributed by atoms with Crippen molar-refractivity contribution >= 4 is 5.78 Å². The molecule has 0 spiro atoms. The predicted octanol–water partition coefficient (Wildman–Crippen LogP) is -3.33. The molecular formula is C33H52O15. The molecule has 0 radical (unpaired) electrons. The summed E-state index contributed by atoms with van der Waals surface area (Å²) in [4.78, 5) is 13.7. The highest BCUT2D eigenvalue weighted by molar-refractivity contribution is 5.94. The molecule has 274 valence electrons. The maximum absolute atomic E-state index is 13.7. The Kier molecular flexibility index (Phi) is 9.33. The Hall–Kier alpha value is -1.15. The Morgan fingerprint density at radius 3 is 2.23 bits per heavy atom. The minimum Gasteiger partial charge on any atom is -0.394 e. The number of Topliss-reactive ketones (excluding diaryl/α,β-unsaturated/α-hetero) is 1. The second-order valence-electron chi connectivity index (χ2n) is 15.9.